The van der Waals surface area contributed by atoms with Crippen molar-refractivity contribution in [2.75, 3.05) is 39.4 Å². The van der Waals surface area contributed by atoms with Crippen molar-refractivity contribution in [3.8, 4) is 11.3 Å². The number of aromatic nitrogens is 1. The highest BCUT2D eigenvalue weighted by Gasteiger charge is 2.27. The molecule has 0 unspecified atom stereocenters. The first-order chi connectivity index (χ1) is 17.6. The molecule has 7 nitrogen and oxygen atoms in total. The first kappa shape index (κ1) is 24.5. The van der Waals surface area contributed by atoms with Gasteiger partial charge < -0.3 is 19.7 Å². The first-order valence-electron chi connectivity index (χ1n) is 13.1. The Hall–Kier alpha value is -3.16. The van der Waals surface area contributed by atoms with Crippen molar-refractivity contribution in [1.82, 2.24) is 14.8 Å². The molecule has 3 aromatic rings. The molecule has 1 aliphatic heterocycles. The quantitative estimate of drug-likeness (QED) is 0.487. The van der Waals surface area contributed by atoms with Crippen molar-refractivity contribution < 1.29 is 19.4 Å². The average Bonchev–Trinajstić information content (AvgIpc) is 3.23. The van der Waals surface area contributed by atoms with Gasteiger partial charge in [-0.25, -0.2) is 4.79 Å². The van der Waals surface area contributed by atoms with E-state index in [0.717, 1.165) is 67.8 Å². The Balaban J connectivity index is 1.52. The molecule has 0 bridgehead atoms. The lowest BCUT2D eigenvalue weighted by atomic mass is 9.82. The number of hydrogen-bond donors (Lipinski definition) is 2. The van der Waals surface area contributed by atoms with Gasteiger partial charge in [0.15, 0.2) is 0 Å². The normalized spacial score (nSPS) is 17.3. The van der Waals surface area contributed by atoms with E-state index in [1.165, 1.54) is 24.8 Å². The smallest absolute Gasteiger partial charge is 0.335 e. The monoisotopic (exact) mass is 489 g/mol. The van der Waals surface area contributed by atoms with Crippen LogP contribution in [0.25, 0.3) is 22.2 Å². The van der Waals surface area contributed by atoms with E-state index in [0.29, 0.717) is 12.5 Å². The molecule has 1 saturated carbocycles. The summed E-state index contributed by atoms with van der Waals surface area (Å²) >= 11 is 0. The van der Waals surface area contributed by atoms with Crippen molar-refractivity contribution in [2.45, 2.75) is 44.6 Å². The molecule has 190 valence electrons. The van der Waals surface area contributed by atoms with Crippen molar-refractivity contribution >= 4 is 22.8 Å². The van der Waals surface area contributed by atoms with Crippen LogP contribution in [0.1, 0.15) is 53.9 Å². The molecule has 2 N–H and O–H groups in total. The van der Waals surface area contributed by atoms with Crippen molar-refractivity contribution in [1.29, 1.82) is 0 Å². The lowest BCUT2D eigenvalue weighted by Crippen LogP contribution is -2.41. The summed E-state index contributed by atoms with van der Waals surface area (Å²) in [6.07, 6.45) is 5.88. The van der Waals surface area contributed by atoms with Crippen molar-refractivity contribution in [2.24, 2.45) is 0 Å². The zero-order valence-electron chi connectivity index (χ0n) is 20.7. The topological polar surface area (TPSA) is 83.8 Å². The van der Waals surface area contributed by atoms with Gasteiger partial charge in [-0.1, -0.05) is 55.7 Å². The summed E-state index contributed by atoms with van der Waals surface area (Å²) in [5.41, 5.74) is 4.42. The molecule has 2 heterocycles. The molecule has 1 saturated heterocycles. The highest BCUT2D eigenvalue weighted by Crippen LogP contribution is 2.44. The molecule has 5 rings (SSSR count). The number of rotatable bonds is 8. The van der Waals surface area contributed by atoms with Gasteiger partial charge in [-0.05, 0) is 42.0 Å². The van der Waals surface area contributed by atoms with E-state index in [9.17, 15) is 14.7 Å². The van der Waals surface area contributed by atoms with Crippen LogP contribution in [0.4, 0.5) is 0 Å². The van der Waals surface area contributed by atoms with Gasteiger partial charge in [0, 0.05) is 31.6 Å². The highest BCUT2D eigenvalue weighted by molar-refractivity contribution is 5.99. The van der Waals surface area contributed by atoms with Crippen LogP contribution in [0.5, 0.6) is 0 Å². The Morgan fingerprint density at radius 1 is 1.00 bits per heavy atom. The molecular weight excluding hydrogens is 454 g/mol. The number of carboxylic acids is 1. The second-order valence-electron chi connectivity index (χ2n) is 9.89. The van der Waals surface area contributed by atoms with Gasteiger partial charge in [-0.3, -0.25) is 9.69 Å². The maximum Gasteiger partial charge on any atom is 0.335 e. The van der Waals surface area contributed by atoms with Crippen LogP contribution in [-0.2, 0) is 16.1 Å². The molecule has 2 fully saturated rings. The minimum absolute atomic E-state index is 0.0618. The van der Waals surface area contributed by atoms with E-state index in [2.05, 4.69) is 22.3 Å². The van der Waals surface area contributed by atoms with E-state index < -0.39 is 5.97 Å². The fourth-order valence-electron chi connectivity index (χ4n) is 5.76. The van der Waals surface area contributed by atoms with Gasteiger partial charge in [0.2, 0.25) is 5.91 Å². The van der Waals surface area contributed by atoms with Gasteiger partial charge in [-0.2, -0.15) is 0 Å². The largest absolute Gasteiger partial charge is 0.478 e. The predicted molar refractivity (Wildman–Crippen MR) is 140 cm³/mol. The summed E-state index contributed by atoms with van der Waals surface area (Å²) in [7, 11) is 0. The minimum Gasteiger partial charge on any atom is -0.478 e. The second-order valence-corrected chi connectivity index (χ2v) is 9.89. The van der Waals surface area contributed by atoms with E-state index in [-0.39, 0.29) is 18.0 Å². The third kappa shape index (κ3) is 5.32. The van der Waals surface area contributed by atoms with Crippen LogP contribution >= 0.6 is 0 Å². The van der Waals surface area contributed by atoms with Crippen LogP contribution in [-0.4, -0.2) is 65.8 Å². The number of aromatic carboxylic acids is 1. The summed E-state index contributed by atoms with van der Waals surface area (Å²) in [6, 6.07) is 15.6. The fourth-order valence-corrected chi connectivity index (χ4v) is 5.76. The molecule has 1 aliphatic carbocycles. The molecular formula is C29H35N3O4. The zero-order chi connectivity index (χ0) is 24.9. The summed E-state index contributed by atoms with van der Waals surface area (Å²) < 4.78 is 7.45. The summed E-state index contributed by atoms with van der Waals surface area (Å²) in [5.74, 6) is -0.619. The van der Waals surface area contributed by atoms with Crippen LogP contribution < -0.4 is 5.32 Å². The molecule has 0 radical (unpaired) electrons. The number of amides is 1. The van der Waals surface area contributed by atoms with Crippen LogP contribution in [0, 0.1) is 0 Å². The molecule has 1 amide bonds. The molecule has 7 heteroatoms. The number of hydrogen-bond acceptors (Lipinski definition) is 4. The Kier molecular flexibility index (Phi) is 7.68. The summed E-state index contributed by atoms with van der Waals surface area (Å²) in [5, 5.41) is 13.8. The number of carboxylic acid groups (broad SMARTS) is 1. The average molecular weight is 490 g/mol. The standard InChI is InChI=1S/C29H35N3O4/c33-26(30-13-14-31-15-17-36-18-16-31)20-32-25-19-23(29(34)35)11-12-24(25)27(21-7-3-1-4-8-21)28(32)22-9-5-2-6-10-22/h2,5-6,9-12,19,21H,1,3-4,7-8,13-18,20H2,(H,30,33)(H,34,35). The maximum absolute atomic E-state index is 13.2. The van der Waals surface area contributed by atoms with E-state index >= 15 is 0 Å². The maximum atomic E-state index is 13.2. The van der Waals surface area contributed by atoms with E-state index in [1.54, 1.807) is 12.1 Å². The van der Waals surface area contributed by atoms with E-state index in [4.69, 9.17) is 4.74 Å². The number of nitrogens with zero attached hydrogens (tertiary/aromatic N) is 2. The second kappa shape index (κ2) is 11.3. The Morgan fingerprint density at radius 3 is 2.47 bits per heavy atom. The van der Waals surface area contributed by atoms with Gasteiger partial charge in [0.1, 0.15) is 6.54 Å². The van der Waals surface area contributed by atoms with Gasteiger partial charge >= 0.3 is 5.97 Å². The number of benzene rings is 2. The third-order valence-corrected chi connectivity index (χ3v) is 7.57. The van der Waals surface area contributed by atoms with Crippen molar-refractivity contribution in [3.63, 3.8) is 0 Å². The molecule has 2 aliphatic rings. The Bertz CT molecular complexity index is 1210. The number of carbonyl (C=O) groups is 2. The number of morpholine rings is 1. The minimum atomic E-state index is -0.958. The van der Waals surface area contributed by atoms with Crippen molar-refractivity contribution in [3.05, 3.63) is 59.7 Å². The summed E-state index contributed by atoms with van der Waals surface area (Å²) in [4.78, 5) is 27.3. The molecule has 36 heavy (non-hydrogen) atoms. The lowest BCUT2D eigenvalue weighted by Gasteiger charge is -2.26. The number of ether oxygens (including phenoxy) is 1. The molecule has 0 atom stereocenters. The first-order valence-corrected chi connectivity index (χ1v) is 13.1. The molecule has 2 aromatic carbocycles. The van der Waals surface area contributed by atoms with Gasteiger partial charge in [0.05, 0.1) is 30.0 Å². The fraction of sp³-hybridized carbons (Fsp3) is 0.448. The highest BCUT2D eigenvalue weighted by atomic mass is 16.5. The predicted octanol–water partition coefficient (Wildman–Crippen LogP) is 4.50. The third-order valence-electron chi connectivity index (χ3n) is 7.57. The van der Waals surface area contributed by atoms with Crippen LogP contribution in [0.3, 0.4) is 0 Å². The Morgan fingerprint density at radius 2 is 1.75 bits per heavy atom. The van der Waals surface area contributed by atoms with Crippen LogP contribution in [0.15, 0.2) is 48.5 Å². The lowest BCUT2D eigenvalue weighted by molar-refractivity contribution is -0.121. The number of nitrogens with one attached hydrogen (secondary N) is 1. The Labute approximate surface area is 212 Å². The molecule has 1 aromatic heterocycles. The number of fused-ring (bicyclic) bond motifs is 1. The van der Waals surface area contributed by atoms with E-state index in [1.807, 2.05) is 28.8 Å². The molecule has 0 spiro atoms. The number of carbonyl (C=O) groups excluding carboxylic acids is 1. The van der Waals surface area contributed by atoms with Gasteiger partial charge in [0.25, 0.3) is 0 Å². The summed E-state index contributed by atoms with van der Waals surface area (Å²) in [6.45, 7) is 4.77. The zero-order valence-corrected chi connectivity index (χ0v) is 20.7. The SMILES string of the molecule is O=C(Cn1c(-c2ccccc2)c(C2CCCCC2)c2ccc(C(=O)O)cc21)NCCN1CCOCC1. The van der Waals surface area contributed by atoms with Gasteiger partial charge in [-0.15, -0.1) is 0 Å². The van der Waals surface area contributed by atoms with Crippen LogP contribution in [0.2, 0.25) is 0 Å².